The SMILES string of the molecule is Cc1ccc2c(Br)nc(CCO)n2c1. The molecule has 0 radical (unpaired) electrons. The number of imidazole rings is 1. The van der Waals surface area contributed by atoms with Crippen molar-refractivity contribution in [3.63, 3.8) is 0 Å². The maximum Gasteiger partial charge on any atom is 0.132 e. The fourth-order valence-corrected chi connectivity index (χ4v) is 2.02. The summed E-state index contributed by atoms with van der Waals surface area (Å²) in [5.41, 5.74) is 2.22. The second kappa shape index (κ2) is 3.71. The van der Waals surface area contributed by atoms with Gasteiger partial charge in [0.1, 0.15) is 10.4 Å². The van der Waals surface area contributed by atoms with E-state index in [0.717, 1.165) is 15.9 Å². The molecule has 0 amide bonds. The van der Waals surface area contributed by atoms with Crippen molar-refractivity contribution in [2.24, 2.45) is 0 Å². The van der Waals surface area contributed by atoms with Crippen molar-refractivity contribution < 1.29 is 5.11 Å². The zero-order valence-electron chi connectivity index (χ0n) is 7.87. The van der Waals surface area contributed by atoms with Crippen LogP contribution >= 0.6 is 15.9 Å². The predicted molar refractivity (Wildman–Crippen MR) is 58.4 cm³/mol. The van der Waals surface area contributed by atoms with Gasteiger partial charge in [-0.15, -0.1) is 0 Å². The lowest BCUT2D eigenvalue weighted by atomic mass is 10.3. The van der Waals surface area contributed by atoms with E-state index < -0.39 is 0 Å². The van der Waals surface area contributed by atoms with E-state index in [4.69, 9.17) is 5.11 Å². The van der Waals surface area contributed by atoms with Crippen LogP contribution in [0.3, 0.4) is 0 Å². The number of hydrogen-bond donors (Lipinski definition) is 1. The molecule has 0 saturated carbocycles. The van der Waals surface area contributed by atoms with E-state index in [1.165, 1.54) is 5.56 Å². The second-order valence-corrected chi connectivity index (χ2v) is 4.01. The first kappa shape index (κ1) is 9.68. The number of fused-ring (bicyclic) bond motifs is 1. The molecule has 0 aromatic carbocycles. The lowest BCUT2D eigenvalue weighted by molar-refractivity contribution is 0.296. The summed E-state index contributed by atoms with van der Waals surface area (Å²) in [5, 5.41) is 8.89. The van der Waals surface area contributed by atoms with Crippen LogP contribution in [0.2, 0.25) is 0 Å². The second-order valence-electron chi connectivity index (χ2n) is 3.25. The van der Waals surface area contributed by atoms with Crippen LogP contribution in [0, 0.1) is 6.92 Å². The van der Waals surface area contributed by atoms with Gasteiger partial charge in [-0.05, 0) is 34.5 Å². The fraction of sp³-hybridized carbons (Fsp3) is 0.300. The van der Waals surface area contributed by atoms with Crippen LogP contribution in [0.25, 0.3) is 5.52 Å². The first-order chi connectivity index (χ1) is 6.72. The zero-order valence-corrected chi connectivity index (χ0v) is 9.45. The van der Waals surface area contributed by atoms with Crippen molar-refractivity contribution in [2.45, 2.75) is 13.3 Å². The molecule has 0 aliphatic carbocycles. The van der Waals surface area contributed by atoms with Crippen LogP contribution in [0.4, 0.5) is 0 Å². The lowest BCUT2D eigenvalue weighted by Gasteiger charge is -2.00. The third-order valence-electron chi connectivity index (χ3n) is 2.15. The van der Waals surface area contributed by atoms with Crippen LogP contribution < -0.4 is 0 Å². The number of halogens is 1. The molecule has 3 nitrogen and oxygen atoms in total. The van der Waals surface area contributed by atoms with E-state index >= 15 is 0 Å². The largest absolute Gasteiger partial charge is 0.396 e. The first-order valence-electron chi connectivity index (χ1n) is 4.46. The highest BCUT2D eigenvalue weighted by Gasteiger charge is 2.07. The molecule has 2 aromatic rings. The van der Waals surface area contributed by atoms with Gasteiger partial charge in [-0.25, -0.2) is 4.98 Å². The van der Waals surface area contributed by atoms with Crippen molar-refractivity contribution >= 4 is 21.4 Å². The van der Waals surface area contributed by atoms with Gasteiger partial charge in [0.05, 0.1) is 12.1 Å². The summed E-state index contributed by atoms with van der Waals surface area (Å²) in [6, 6.07) is 4.07. The van der Waals surface area contributed by atoms with Gasteiger partial charge in [0.2, 0.25) is 0 Å². The first-order valence-corrected chi connectivity index (χ1v) is 5.25. The van der Waals surface area contributed by atoms with Crippen LogP contribution in [-0.2, 0) is 6.42 Å². The number of pyridine rings is 1. The highest BCUT2D eigenvalue weighted by molar-refractivity contribution is 9.10. The molecule has 14 heavy (non-hydrogen) atoms. The number of aliphatic hydroxyl groups is 1. The maximum atomic E-state index is 8.89. The standard InChI is InChI=1S/C10H11BrN2O/c1-7-2-3-8-10(11)12-9(4-5-14)13(8)6-7/h2-3,6,14H,4-5H2,1H3. The Labute approximate surface area is 90.5 Å². The molecule has 0 saturated heterocycles. The smallest absolute Gasteiger partial charge is 0.132 e. The Bertz CT molecular complexity index is 464. The zero-order chi connectivity index (χ0) is 10.1. The summed E-state index contributed by atoms with van der Waals surface area (Å²) in [6.45, 7) is 2.16. The topological polar surface area (TPSA) is 37.5 Å². The van der Waals surface area contributed by atoms with Crippen LogP contribution in [-0.4, -0.2) is 21.1 Å². The summed E-state index contributed by atoms with van der Waals surface area (Å²) < 4.78 is 2.84. The number of nitrogens with zero attached hydrogens (tertiary/aromatic N) is 2. The Kier molecular flexibility index (Phi) is 2.56. The van der Waals surface area contributed by atoms with Crippen LogP contribution in [0.5, 0.6) is 0 Å². The van der Waals surface area contributed by atoms with Crippen molar-refractivity contribution in [3.8, 4) is 0 Å². The monoisotopic (exact) mass is 254 g/mol. The molecule has 2 rings (SSSR count). The Morgan fingerprint density at radius 1 is 1.50 bits per heavy atom. The summed E-state index contributed by atoms with van der Waals surface area (Å²) >= 11 is 3.40. The summed E-state index contributed by atoms with van der Waals surface area (Å²) in [7, 11) is 0. The van der Waals surface area contributed by atoms with Gasteiger partial charge in [-0.1, -0.05) is 6.07 Å². The molecule has 74 valence electrons. The molecule has 0 aliphatic heterocycles. The van der Waals surface area contributed by atoms with Gasteiger partial charge in [-0.3, -0.25) is 0 Å². The molecule has 0 bridgehead atoms. The maximum absolute atomic E-state index is 8.89. The van der Waals surface area contributed by atoms with E-state index in [0.29, 0.717) is 6.42 Å². The van der Waals surface area contributed by atoms with E-state index in [1.807, 2.05) is 29.7 Å². The van der Waals surface area contributed by atoms with Crippen molar-refractivity contribution in [2.75, 3.05) is 6.61 Å². The Hall–Kier alpha value is -0.870. The molecular formula is C10H11BrN2O. The third-order valence-corrected chi connectivity index (χ3v) is 2.73. The minimum atomic E-state index is 0.124. The average molecular weight is 255 g/mol. The van der Waals surface area contributed by atoms with Crippen molar-refractivity contribution in [1.82, 2.24) is 9.38 Å². The lowest BCUT2D eigenvalue weighted by Crippen LogP contribution is -1.98. The third kappa shape index (κ3) is 1.55. The molecule has 0 aliphatic rings. The highest BCUT2D eigenvalue weighted by atomic mass is 79.9. The minimum Gasteiger partial charge on any atom is -0.396 e. The predicted octanol–water partition coefficient (Wildman–Crippen LogP) is 1.94. The Morgan fingerprint density at radius 2 is 2.29 bits per heavy atom. The number of aryl methyl sites for hydroxylation is 1. The average Bonchev–Trinajstić information content (AvgIpc) is 2.44. The molecule has 0 atom stereocenters. The van der Waals surface area contributed by atoms with Gasteiger partial charge in [0, 0.05) is 12.6 Å². The van der Waals surface area contributed by atoms with Gasteiger partial charge < -0.3 is 9.51 Å². The molecule has 2 heterocycles. The summed E-state index contributed by atoms with van der Waals surface area (Å²) in [5.74, 6) is 0.887. The van der Waals surface area contributed by atoms with E-state index in [9.17, 15) is 0 Å². The molecular weight excluding hydrogens is 244 g/mol. The van der Waals surface area contributed by atoms with Crippen LogP contribution in [0.1, 0.15) is 11.4 Å². The number of rotatable bonds is 2. The number of aromatic nitrogens is 2. The minimum absolute atomic E-state index is 0.124. The summed E-state index contributed by atoms with van der Waals surface area (Å²) in [6.07, 6.45) is 2.61. The number of hydrogen-bond acceptors (Lipinski definition) is 2. The van der Waals surface area contributed by atoms with E-state index in [2.05, 4.69) is 20.9 Å². The van der Waals surface area contributed by atoms with Crippen molar-refractivity contribution in [1.29, 1.82) is 0 Å². The molecule has 1 N–H and O–H groups in total. The van der Waals surface area contributed by atoms with E-state index in [-0.39, 0.29) is 6.61 Å². The van der Waals surface area contributed by atoms with Crippen molar-refractivity contribution in [3.05, 3.63) is 34.3 Å². The Balaban J connectivity index is 2.66. The quantitative estimate of drug-likeness (QED) is 0.890. The van der Waals surface area contributed by atoms with Crippen LogP contribution in [0.15, 0.2) is 22.9 Å². The molecule has 0 fully saturated rings. The fourth-order valence-electron chi connectivity index (χ4n) is 1.49. The molecule has 0 unspecified atom stereocenters. The number of aliphatic hydroxyl groups excluding tert-OH is 1. The molecule has 0 spiro atoms. The highest BCUT2D eigenvalue weighted by Crippen LogP contribution is 2.19. The van der Waals surface area contributed by atoms with Gasteiger partial charge in [0.25, 0.3) is 0 Å². The summed E-state index contributed by atoms with van der Waals surface area (Å²) in [4.78, 5) is 4.34. The molecule has 4 heteroatoms. The Morgan fingerprint density at radius 3 is 3.00 bits per heavy atom. The van der Waals surface area contributed by atoms with Gasteiger partial charge in [-0.2, -0.15) is 0 Å². The van der Waals surface area contributed by atoms with Gasteiger partial charge >= 0.3 is 0 Å². The van der Waals surface area contributed by atoms with E-state index in [1.54, 1.807) is 0 Å². The van der Waals surface area contributed by atoms with Gasteiger partial charge in [0.15, 0.2) is 0 Å². The molecule has 2 aromatic heterocycles. The normalized spacial score (nSPS) is 11.1.